The van der Waals surface area contributed by atoms with Crippen LogP contribution in [0.1, 0.15) is 11.4 Å². The van der Waals surface area contributed by atoms with E-state index in [0.29, 0.717) is 16.5 Å². The summed E-state index contributed by atoms with van der Waals surface area (Å²) in [5.74, 6) is 0.311. The normalized spacial score (nSPS) is 10.1. The number of nitrogens with one attached hydrogen (secondary N) is 2. The number of benzene rings is 1. The number of halogens is 1. The molecule has 2 aromatic rings. The molecule has 9 heteroatoms. The van der Waals surface area contributed by atoms with Crippen molar-refractivity contribution >= 4 is 23.3 Å². The number of hydrogen-bond donors (Lipinski definition) is 2. The molecule has 1 aromatic carbocycles. The second kappa shape index (κ2) is 7.59. The van der Waals surface area contributed by atoms with E-state index in [-0.39, 0.29) is 18.6 Å². The number of carbonyl (C=O) groups is 1. The number of carbonyl (C=O) groups excluding carboxylic acids is 1. The number of rotatable bonds is 5. The van der Waals surface area contributed by atoms with E-state index in [4.69, 9.17) is 21.1 Å². The Morgan fingerprint density at radius 1 is 1.17 bits per heavy atom. The van der Waals surface area contributed by atoms with E-state index in [1.807, 2.05) is 13.0 Å². The number of aromatic nitrogens is 3. The van der Waals surface area contributed by atoms with E-state index >= 15 is 0 Å². The molecular weight excluding hydrogens is 322 g/mol. The molecule has 0 saturated carbocycles. The third-order valence-corrected chi connectivity index (χ3v) is 3.25. The van der Waals surface area contributed by atoms with Crippen LogP contribution in [0.4, 0.5) is 10.5 Å². The Morgan fingerprint density at radius 2 is 1.83 bits per heavy atom. The monoisotopic (exact) mass is 337 g/mol. The van der Waals surface area contributed by atoms with Crippen LogP contribution in [0.3, 0.4) is 0 Å². The zero-order chi connectivity index (χ0) is 16.8. The number of anilines is 1. The molecule has 0 spiro atoms. The summed E-state index contributed by atoms with van der Waals surface area (Å²) >= 11 is 6.01. The minimum Gasteiger partial charge on any atom is -0.467 e. The van der Waals surface area contributed by atoms with Gasteiger partial charge in [0, 0.05) is 10.7 Å². The Balaban J connectivity index is 1.97. The molecule has 0 unspecified atom stereocenters. The van der Waals surface area contributed by atoms with Crippen molar-refractivity contribution in [2.75, 3.05) is 19.5 Å². The van der Waals surface area contributed by atoms with Crippen molar-refractivity contribution in [3.63, 3.8) is 0 Å². The fourth-order valence-electron chi connectivity index (χ4n) is 1.64. The summed E-state index contributed by atoms with van der Waals surface area (Å²) in [5.41, 5.74) is 1.52. The van der Waals surface area contributed by atoms with Crippen LogP contribution in [-0.2, 0) is 6.54 Å². The molecule has 0 atom stereocenters. The molecule has 23 heavy (non-hydrogen) atoms. The van der Waals surface area contributed by atoms with Crippen LogP contribution in [-0.4, -0.2) is 35.2 Å². The van der Waals surface area contributed by atoms with Crippen LogP contribution in [0.25, 0.3) is 0 Å². The van der Waals surface area contributed by atoms with Crippen LogP contribution in [0, 0.1) is 6.92 Å². The molecule has 0 saturated heterocycles. The van der Waals surface area contributed by atoms with Crippen LogP contribution < -0.4 is 20.1 Å². The van der Waals surface area contributed by atoms with E-state index < -0.39 is 6.03 Å². The van der Waals surface area contributed by atoms with E-state index in [2.05, 4.69) is 25.6 Å². The highest BCUT2D eigenvalue weighted by atomic mass is 35.5. The maximum atomic E-state index is 11.9. The first-order valence-electron chi connectivity index (χ1n) is 6.65. The summed E-state index contributed by atoms with van der Waals surface area (Å²) < 4.78 is 9.88. The number of hydrogen-bond acceptors (Lipinski definition) is 6. The molecule has 122 valence electrons. The lowest BCUT2D eigenvalue weighted by Gasteiger charge is -2.09. The zero-order valence-corrected chi connectivity index (χ0v) is 13.6. The van der Waals surface area contributed by atoms with Gasteiger partial charge in [-0.15, -0.1) is 4.98 Å². The lowest BCUT2D eigenvalue weighted by molar-refractivity contribution is 0.251. The number of amides is 2. The van der Waals surface area contributed by atoms with Crippen molar-refractivity contribution in [3.05, 3.63) is 34.6 Å². The van der Waals surface area contributed by atoms with Gasteiger partial charge in [-0.1, -0.05) is 17.7 Å². The quantitative estimate of drug-likeness (QED) is 0.867. The molecule has 1 aromatic heterocycles. The number of ether oxygens (including phenoxy) is 2. The van der Waals surface area contributed by atoms with Crippen molar-refractivity contribution in [1.82, 2.24) is 20.3 Å². The van der Waals surface area contributed by atoms with Gasteiger partial charge in [0.15, 0.2) is 5.82 Å². The molecule has 0 bridgehead atoms. The standard InChI is InChI=1S/C14H16ClN5O3/c1-8-4-5-9(6-10(8)15)17-12(21)16-7-11-18-13(22-2)20-14(19-11)23-3/h4-6H,7H2,1-3H3,(H2,16,17,21). The average Bonchev–Trinajstić information content (AvgIpc) is 2.56. The van der Waals surface area contributed by atoms with Crippen LogP contribution >= 0.6 is 11.6 Å². The minimum absolute atomic E-state index is 0.0840. The fraction of sp³-hybridized carbons (Fsp3) is 0.286. The van der Waals surface area contributed by atoms with Crippen molar-refractivity contribution in [2.45, 2.75) is 13.5 Å². The highest BCUT2D eigenvalue weighted by Crippen LogP contribution is 2.19. The van der Waals surface area contributed by atoms with Gasteiger partial charge in [-0.25, -0.2) is 4.79 Å². The average molecular weight is 338 g/mol. The van der Waals surface area contributed by atoms with E-state index in [9.17, 15) is 4.79 Å². The molecule has 2 amide bonds. The number of nitrogens with zero attached hydrogens (tertiary/aromatic N) is 3. The molecule has 2 rings (SSSR count). The maximum absolute atomic E-state index is 11.9. The molecule has 0 fully saturated rings. The number of methoxy groups -OCH3 is 2. The molecule has 0 aliphatic carbocycles. The van der Waals surface area contributed by atoms with Gasteiger partial charge in [0.1, 0.15) is 0 Å². The van der Waals surface area contributed by atoms with Crippen molar-refractivity contribution in [3.8, 4) is 12.0 Å². The van der Waals surface area contributed by atoms with Gasteiger partial charge >= 0.3 is 18.1 Å². The smallest absolute Gasteiger partial charge is 0.322 e. The summed E-state index contributed by atoms with van der Waals surface area (Å²) in [6.45, 7) is 1.97. The van der Waals surface area contributed by atoms with E-state index in [1.54, 1.807) is 12.1 Å². The first kappa shape index (κ1) is 16.8. The third-order valence-electron chi connectivity index (χ3n) is 2.84. The summed E-state index contributed by atoms with van der Waals surface area (Å²) in [7, 11) is 2.86. The Hall–Kier alpha value is -2.61. The first-order chi connectivity index (χ1) is 11.0. The van der Waals surface area contributed by atoms with Gasteiger partial charge in [-0.3, -0.25) is 0 Å². The highest BCUT2D eigenvalue weighted by molar-refractivity contribution is 6.31. The zero-order valence-electron chi connectivity index (χ0n) is 12.9. The van der Waals surface area contributed by atoms with Gasteiger partial charge in [0.25, 0.3) is 0 Å². The van der Waals surface area contributed by atoms with E-state index in [1.165, 1.54) is 14.2 Å². The number of aryl methyl sites for hydroxylation is 1. The second-order valence-corrected chi connectivity index (χ2v) is 4.90. The van der Waals surface area contributed by atoms with Gasteiger partial charge in [-0.05, 0) is 24.6 Å². The Kier molecular flexibility index (Phi) is 5.53. The maximum Gasteiger partial charge on any atom is 0.322 e. The lowest BCUT2D eigenvalue weighted by Crippen LogP contribution is -2.29. The van der Waals surface area contributed by atoms with Crippen molar-refractivity contribution in [1.29, 1.82) is 0 Å². The van der Waals surface area contributed by atoms with Crippen LogP contribution in [0.5, 0.6) is 12.0 Å². The SMILES string of the molecule is COc1nc(CNC(=O)Nc2ccc(C)c(Cl)c2)nc(OC)n1. The van der Waals surface area contributed by atoms with E-state index in [0.717, 1.165) is 5.56 Å². The fourth-order valence-corrected chi connectivity index (χ4v) is 1.83. The molecule has 8 nitrogen and oxygen atoms in total. The second-order valence-electron chi connectivity index (χ2n) is 4.50. The first-order valence-corrected chi connectivity index (χ1v) is 7.03. The molecule has 0 radical (unpaired) electrons. The Morgan fingerprint density at radius 3 is 2.39 bits per heavy atom. The van der Waals surface area contributed by atoms with Crippen LogP contribution in [0.2, 0.25) is 5.02 Å². The predicted octanol–water partition coefficient (Wildman–Crippen LogP) is 2.17. The minimum atomic E-state index is -0.414. The van der Waals surface area contributed by atoms with Gasteiger partial charge in [0.2, 0.25) is 0 Å². The molecule has 0 aliphatic rings. The summed E-state index contributed by atoms with van der Waals surface area (Å²) in [5, 5.41) is 5.87. The van der Waals surface area contributed by atoms with Gasteiger partial charge in [-0.2, -0.15) is 9.97 Å². The van der Waals surface area contributed by atoms with Crippen molar-refractivity contribution in [2.24, 2.45) is 0 Å². The van der Waals surface area contributed by atoms with Gasteiger partial charge in [0.05, 0.1) is 20.8 Å². The molecule has 1 heterocycles. The largest absolute Gasteiger partial charge is 0.467 e. The highest BCUT2D eigenvalue weighted by Gasteiger charge is 2.09. The van der Waals surface area contributed by atoms with Gasteiger partial charge < -0.3 is 20.1 Å². The molecule has 0 aliphatic heterocycles. The Labute approximate surface area is 138 Å². The third kappa shape index (κ3) is 4.68. The predicted molar refractivity (Wildman–Crippen MR) is 85.0 cm³/mol. The van der Waals surface area contributed by atoms with Crippen LogP contribution in [0.15, 0.2) is 18.2 Å². The number of urea groups is 1. The summed E-state index contributed by atoms with van der Waals surface area (Å²) in [6.07, 6.45) is 0. The van der Waals surface area contributed by atoms with Crippen molar-refractivity contribution < 1.29 is 14.3 Å². The summed E-state index contributed by atoms with van der Waals surface area (Å²) in [4.78, 5) is 23.8. The topological polar surface area (TPSA) is 98.3 Å². The molecular formula is C14H16ClN5O3. The lowest BCUT2D eigenvalue weighted by atomic mass is 10.2. The molecule has 2 N–H and O–H groups in total. The summed E-state index contributed by atoms with van der Waals surface area (Å²) in [6, 6.07) is 5.06. The Bertz CT molecular complexity index is 689.